The lowest BCUT2D eigenvalue weighted by atomic mass is 10.0. The third-order valence-electron chi connectivity index (χ3n) is 6.23. The van der Waals surface area contributed by atoms with Gasteiger partial charge in [-0.25, -0.2) is 0 Å². The first-order valence-corrected chi connectivity index (χ1v) is 11.6. The fourth-order valence-corrected chi connectivity index (χ4v) is 4.63. The summed E-state index contributed by atoms with van der Waals surface area (Å²) in [5, 5.41) is 4.36. The Bertz CT molecular complexity index is 1100. The van der Waals surface area contributed by atoms with Crippen molar-refractivity contribution < 1.29 is 9.47 Å². The third kappa shape index (κ3) is 4.80. The number of likely N-dealkylation sites (tertiary alicyclic amines) is 1. The standard InChI is InChI=1S/C24H28ClN5O2/c1-16-2-3-21-24(29-16)19(20(25)14-28-21)6-9-30-7-4-17(5-8-30)26-13-18-12-22-23(15-27-18)32-11-10-31-22/h2-3,12,14-15,17,26H,4-11,13H2,1H3. The highest BCUT2D eigenvalue weighted by Crippen LogP contribution is 2.29. The molecular weight excluding hydrogens is 426 g/mol. The SMILES string of the molecule is Cc1ccc2ncc(Cl)c(CCN3CCC(NCc4cc5c(cn4)OCCO5)CC3)c2n1. The Kier molecular flexibility index (Phi) is 6.39. The predicted octanol–water partition coefficient (Wildman–Crippen LogP) is 3.55. The number of nitrogens with one attached hydrogen (secondary N) is 1. The minimum atomic E-state index is 0.496. The van der Waals surface area contributed by atoms with E-state index < -0.39 is 0 Å². The Morgan fingerprint density at radius 1 is 1.09 bits per heavy atom. The average molecular weight is 454 g/mol. The molecule has 2 aliphatic heterocycles. The molecule has 0 amide bonds. The van der Waals surface area contributed by atoms with Crippen LogP contribution in [0.25, 0.3) is 11.0 Å². The van der Waals surface area contributed by atoms with Crippen LogP contribution in [0.3, 0.4) is 0 Å². The van der Waals surface area contributed by atoms with E-state index in [4.69, 9.17) is 26.1 Å². The van der Waals surface area contributed by atoms with Gasteiger partial charge in [0.1, 0.15) is 13.2 Å². The maximum absolute atomic E-state index is 6.49. The molecule has 0 aromatic carbocycles. The highest BCUT2D eigenvalue weighted by Gasteiger charge is 2.20. The van der Waals surface area contributed by atoms with Gasteiger partial charge in [-0.15, -0.1) is 0 Å². The van der Waals surface area contributed by atoms with Crippen LogP contribution in [-0.4, -0.2) is 58.7 Å². The number of fused-ring (bicyclic) bond motifs is 2. The van der Waals surface area contributed by atoms with Crippen LogP contribution in [-0.2, 0) is 13.0 Å². The molecule has 3 aromatic heterocycles. The molecule has 0 bridgehead atoms. The first kappa shape index (κ1) is 21.4. The number of hydrogen-bond donors (Lipinski definition) is 1. The van der Waals surface area contributed by atoms with Crippen LogP contribution >= 0.6 is 11.6 Å². The van der Waals surface area contributed by atoms with Gasteiger partial charge in [0.15, 0.2) is 11.5 Å². The second-order valence-corrected chi connectivity index (χ2v) is 8.88. The molecule has 168 valence electrons. The highest BCUT2D eigenvalue weighted by molar-refractivity contribution is 6.32. The normalized spacial score (nSPS) is 17.1. The second kappa shape index (κ2) is 9.57. The van der Waals surface area contributed by atoms with Gasteiger partial charge in [0.25, 0.3) is 0 Å². The number of hydrogen-bond acceptors (Lipinski definition) is 7. The van der Waals surface area contributed by atoms with Crippen molar-refractivity contribution in [2.24, 2.45) is 0 Å². The predicted molar refractivity (Wildman–Crippen MR) is 125 cm³/mol. The lowest BCUT2D eigenvalue weighted by Crippen LogP contribution is -2.43. The van der Waals surface area contributed by atoms with Gasteiger partial charge in [-0.2, -0.15) is 0 Å². The molecule has 3 aromatic rings. The van der Waals surface area contributed by atoms with E-state index in [0.29, 0.717) is 24.3 Å². The molecule has 5 heterocycles. The van der Waals surface area contributed by atoms with Crippen LogP contribution in [0.15, 0.2) is 30.6 Å². The average Bonchev–Trinajstić information content (AvgIpc) is 2.82. The monoisotopic (exact) mass is 453 g/mol. The number of nitrogens with zero attached hydrogens (tertiary/aromatic N) is 4. The molecule has 1 saturated heterocycles. The van der Waals surface area contributed by atoms with Gasteiger partial charge in [-0.05, 0) is 51.4 Å². The van der Waals surface area contributed by atoms with Gasteiger partial charge in [0, 0.05) is 42.7 Å². The Morgan fingerprint density at radius 3 is 2.75 bits per heavy atom. The van der Waals surface area contributed by atoms with Gasteiger partial charge < -0.3 is 19.7 Å². The molecule has 2 aliphatic rings. The van der Waals surface area contributed by atoms with Crippen LogP contribution < -0.4 is 14.8 Å². The summed E-state index contributed by atoms with van der Waals surface area (Å²) >= 11 is 6.49. The Morgan fingerprint density at radius 2 is 1.91 bits per heavy atom. The van der Waals surface area contributed by atoms with E-state index >= 15 is 0 Å². The summed E-state index contributed by atoms with van der Waals surface area (Å²) in [4.78, 5) is 16.1. The zero-order valence-electron chi connectivity index (χ0n) is 18.3. The molecular formula is C24H28ClN5O2. The maximum Gasteiger partial charge on any atom is 0.179 e. The number of halogens is 1. The zero-order valence-corrected chi connectivity index (χ0v) is 19.1. The zero-order chi connectivity index (χ0) is 21.9. The van der Waals surface area contributed by atoms with E-state index in [9.17, 15) is 0 Å². The summed E-state index contributed by atoms with van der Waals surface area (Å²) in [5.74, 6) is 1.53. The van der Waals surface area contributed by atoms with Crippen LogP contribution in [0, 0.1) is 6.92 Å². The largest absolute Gasteiger partial charge is 0.486 e. The van der Waals surface area contributed by atoms with E-state index in [2.05, 4.69) is 20.2 Å². The first-order chi connectivity index (χ1) is 15.7. The highest BCUT2D eigenvalue weighted by atomic mass is 35.5. The van der Waals surface area contributed by atoms with Crippen LogP contribution in [0.4, 0.5) is 0 Å². The van der Waals surface area contributed by atoms with Crippen LogP contribution in [0.5, 0.6) is 11.5 Å². The van der Waals surface area contributed by atoms with E-state index in [1.54, 1.807) is 12.4 Å². The van der Waals surface area contributed by atoms with E-state index in [1.165, 1.54) is 0 Å². The van der Waals surface area contributed by atoms with Crippen molar-refractivity contribution in [3.05, 3.63) is 52.6 Å². The molecule has 1 fully saturated rings. The molecule has 8 heteroatoms. The minimum Gasteiger partial charge on any atom is -0.486 e. The molecule has 1 N–H and O–H groups in total. The van der Waals surface area contributed by atoms with E-state index in [-0.39, 0.29) is 0 Å². The Balaban J connectivity index is 1.12. The lowest BCUT2D eigenvalue weighted by Gasteiger charge is -2.32. The van der Waals surface area contributed by atoms with Crippen LogP contribution in [0.1, 0.15) is 29.8 Å². The third-order valence-corrected chi connectivity index (χ3v) is 6.55. The van der Waals surface area contributed by atoms with Gasteiger partial charge in [0.2, 0.25) is 0 Å². The molecule has 0 unspecified atom stereocenters. The summed E-state index contributed by atoms with van der Waals surface area (Å²) < 4.78 is 11.2. The number of ether oxygens (including phenoxy) is 2. The fraction of sp³-hybridized carbons (Fsp3) is 0.458. The van der Waals surface area contributed by atoms with Gasteiger partial charge in [-0.1, -0.05) is 11.6 Å². The summed E-state index contributed by atoms with van der Waals surface area (Å²) in [6, 6.07) is 6.49. The second-order valence-electron chi connectivity index (χ2n) is 8.47. The van der Waals surface area contributed by atoms with Crippen molar-refractivity contribution in [3.8, 4) is 11.5 Å². The maximum atomic E-state index is 6.49. The van der Waals surface area contributed by atoms with Gasteiger partial charge in [-0.3, -0.25) is 15.0 Å². The Labute approximate surface area is 193 Å². The van der Waals surface area contributed by atoms with Crippen molar-refractivity contribution in [2.75, 3.05) is 32.8 Å². The quantitative estimate of drug-likeness (QED) is 0.611. The number of aromatic nitrogens is 3. The molecule has 0 radical (unpaired) electrons. The van der Waals surface area contributed by atoms with E-state index in [0.717, 1.165) is 84.9 Å². The molecule has 5 rings (SSSR count). The van der Waals surface area contributed by atoms with Gasteiger partial charge in [0.05, 0.1) is 27.9 Å². The van der Waals surface area contributed by atoms with Crippen molar-refractivity contribution >= 4 is 22.6 Å². The molecule has 0 spiro atoms. The summed E-state index contributed by atoms with van der Waals surface area (Å²) in [7, 11) is 0. The molecule has 0 saturated carbocycles. The lowest BCUT2D eigenvalue weighted by molar-refractivity contribution is 0.170. The minimum absolute atomic E-state index is 0.496. The molecule has 0 aliphatic carbocycles. The number of rotatable bonds is 6. The molecule has 0 atom stereocenters. The topological polar surface area (TPSA) is 72.4 Å². The Hall–Kier alpha value is -2.48. The number of aryl methyl sites for hydroxylation is 1. The van der Waals surface area contributed by atoms with Gasteiger partial charge >= 0.3 is 0 Å². The molecule has 7 nitrogen and oxygen atoms in total. The van der Waals surface area contributed by atoms with Crippen molar-refractivity contribution in [3.63, 3.8) is 0 Å². The number of pyridine rings is 3. The first-order valence-electron chi connectivity index (χ1n) is 11.3. The van der Waals surface area contributed by atoms with E-state index in [1.807, 2.05) is 25.1 Å². The van der Waals surface area contributed by atoms with Crippen molar-refractivity contribution in [2.45, 2.75) is 38.8 Å². The fourth-order valence-electron chi connectivity index (χ4n) is 4.40. The summed E-state index contributed by atoms with van der Waals surface area (Å²) in [6.45, 7) is 7.04. The van der Waals surface area contributed by atoms with Crippen molar-refractivity contribution in [1.82, 2.24) is 25.2 Å². The van der Waals surface area contributed by atoms with Crippen LogP contribution in [0.2, 0.25) is 5.02 Å². The number of piperidine rings is 1. The molecule has 32 heavy (non-hydrogen) atoms. The van der Waals surface area contributed by atoms with Crippen molar-refractivity contribution in [1.29, 1.82) is 0 Å². The summed E-state index contributed by atoms with van der Waals surface area (Å²) in [5.41, 5.74) is 4.91. The summed E-state index contributed by atoms with van der Waals surface area (Å²) in [6.07, 6.45) is 6.63. The smallest absolute Gasteiger partial charge is 0.179 e.